The van der Waals surface area contributed by atoms with Crippen molar-refractivity contribution in [3.8, 4) is 0 Å². The van der Waals surface area contributed by atoms with Crippen molar-refractivity contribution in [2.24, 2.45) is 11.3 Å². The van der Waals surface area contributed by atoms with Gasteiger partial charge in [-0.2, -0.15) is 0 Å². The molecule has 116 valence electrons. The number of carbonyl (C=O) groups is 2. The fourth-order valence-corrected chi connectivity index (χ4v) is 4.65. The molecule has 1 aliphatic heterocycles. The van der Waals surface area contributed by atoms with Crippen molar-refractivity contribution in [3.05, 3.63) is 35.9 Å². The van der Waals surface area contributed by atoms with Gasteiger partial charge in [0.2, 0.25) is 0 Å². The van der Waals surface area contributed by atoms with Gasteiger partial charge in [-0.15, -0.1) is 0 Å². The molecule has 0 N–H and O–H groups in total. The maximum atomic E-state index is 12.3. The van der Waals surface area contributed by atoms with Crippen molar-refractivity contribution in [2.75, 3.05) is 14.2 Å². The van der Waals surface area contributed by atoms with Crippen molar-refractivity contribution >= 4 is 11.9 Å². The third-order valence-corrected chi connectivity index (χ3v) is 5.66. The first-order valence-corrected chi connectivity index (χ1v) is 7.64. The number of carbonyl (C=O) groups excluding carboxylic acids is 2. The molecule has 1 spiro atoms. The molecule has 3 fully saturated rings. The normalized spacial score (nSPS) is 38.5. The van der Waals surface area contributed by atoms with E-state index in [2.05, 4.69) is 4.90 Å². The van der Waals surface area contributed by atoms with Crippen LogP contribution in [0.15, 0.2) is 30.3 Å². The zero-order chi connectivity index (χ0) is 15.5. The van der Waals surface area contributed by atoms with Crippen molar-refractivity contribution in [1.82, 2.24) is 4.90 Å². The lowest BCUT2D eigenvalue weighted by molar-refractivity contribution is -0.152. The first-order chi connectivity index (χ1) is 10.6. The topological polar surface area (TPSA) is 55.8 Å². The maximum Gasteiger partial charge on any atom is 0.338 e. The molecule has 5 nitrogen and oxygen atoms in total. The Labute approximate surface area is 129 Å². The molecule has 1 saturated heterocycles. The number of ether oxygens (including phenoxy) is 2. The fraction of sp³-hybridized carbons (Fsp3) is 0.529. The van der Waals surface area contributed by atoms with E-state index in [9.17, 15) is 9.59 Å². The Bertz CT molecular complexity index is 631. The summed E-state index contributed by atoms with van der Waals surface area (Å²) in [5.41, 5.74) is 0.693. The van der Waals surface area contributed by atoms with Crippen LogP contribution in [-0.2, 0) is 14.3 Å². The first kappa shape index (κ1) is 13.8. The van der Waals surface area contributed by atoms with Crippen molar-refractivity contribution in [3.63, 3.8) is 0 Å². The summed E-state index contributed by atoms with van der Waals surface area (Å²) in [4.78, 5) is 26.7. The van der Waals surface area contributed by atoms with Gasteiger partial charge in [-0.3, -0.25) is 9.69 Å². The molecule has 2 aliphatic carbocycles. The highest BCUT2D eigenvalue weighted by molar-refractivity contribution is 5.90. The summed E-state index contributed by atoms with van der Waals surface area (Å²) >= 11 is 0. The van der Waals surface area contributed by atoms with Crippen LogP contribution < -0.4 is 0 Å². The Kier molecular flexibility index (Phi) is 2.85. The number of methoxy groups -OCH3 is 1. The second-order valence-corrected chi connectivity index (χ2v) is 6.63. The van der Waals surface area contributed by atoms with E-state index < -0.39 is 0 Å². The zero-order valence-corrected chi connectivity index (χ0v) is 12.7. The summed E-state index contributed by atoms with van der Waals surface area (Å²) in [6.45, 7) is 0. The minimum Gasteiger partial charge on any atom is -0.469 e. The average molecular weight is 301 g/mol. The van der Waals surface area contributed by atoms with Crippen LogP contribution in [0.4, 0.5) is 0 Å². The van der Waals surface area contributed by atoms with E-state index >= 15 is 0 Å². The summed E-state index contributed by atoms with van der Waals surface area (Å²) < 4.78 is 10.6. The average Bonchev–Trinajstić information content (AvgIpc) is 3.10. The third kappa shape index (κ3) is 1.69. The highest BCUT2D eigenvalue weighted by Gasteiger charge is 2.79. The maximum absolute atomic E-state index is 12.3. The summed E-state index contributed by atoms with van der Waals surface area (Å²) in [6.07, 6.45) is 1.48. The van der Waals surface area contributed by atoms with E-state index in [1.165, 1.54) is 7.11 Å². The van der Waals surface area contributed by atoms with Crippen molar-refractivity contribution < 1.29 is 19.1 Å². The van der Waals surface area contributed by atoms with Crippen LogP contribution in [0.3, 0.4) is 0 Å². The largest absolute Gasteiger partial charge is 0.469 e. The molecule has 5 atom stereocenters. The van der Waals surface area contributed by atoms with Gasteiger partial charge in [0.05, 0.1) is 12.7 Å². The molecule has 0 radical (unpaired) electrons. The lowest BCUT2D eigenvalue weighted by atomic mass is 9.86. The van der Waals surface area contributed by atoms with Crippen LogP contribution in [0.5, 0.6) is 0 Å². The van der Waals surface area contributed by atoms with E-state index in [1.807, 2.05) is 13.1 Å². The Hall–Kier alpha value is -1.88. The summed E-state index contributed by atoms with van der Waals surface area (Å²) in [6, 6.07) is 9.61. The predicted octanol–water partition coefficient (Wildman–Crippen LogP) is 1.48. The molecule has 5 heteroatoms. The summed E-state index contributed by atoms with van der Waals surface area (Å²) in [5.74, 6) is -1.01. The Morgan fingerprint density at radius 2 is 1.95 bits per heavy atom. The minimum absolute atomic E-state index is 0.151. The number of esters is 2. The molecule has 3 aliphatic rings. The Morgan fingerprint density at radius 1 is 1.23 bits per heavy atom. The standard InChI is InChI=1S/C17H19NO4/c1-18-12-9-17(12)8-11(13(14(17)18)16(20)21-2)22-15(19)10-6-4-3-5-7-10/h3-7,11-14H,8-9H2,1-2H3/t11-,12?,13?,14?,17?/m0/s1. The SMILES string of the molecule is COC(=O)C1C2N(C)C3CC32C[C@@H]1OC(=O)c1ccccc1. The molecule has 0 aromatic heterocycles. The van der Waals surface area contributed by atoms with Crippen molar-refractivity contribution in [2.45, 2.75) is 31.0 Å². The molecule has 4 unspecified atom stereocenters. The zero-order valence-electron chi connectivity index (χ0n) is 12.7. The second-order valence-electron chi connectivity index (χ2n) is 6.63. The third-order valence-electron chi connectivity index (χ3n) is 5.66. The van der Waals surface area contributed by atoms with Crippen LogP contribution in [0.1, 0.15) is 23.2 Å². The monoisotopic (exact) mass is 301 g/mol. The van der Waals surface area contributed by atoms with Gasteiger partial charge in [0, 0.05) is 17.5 Å². The van der Waals surface area contributed by atoms with Crippen LogP contribution in [-0.4, -0.2) is 49.2 Å². The molecule has 1 aromatic carbocycles. The quantitative estimate of drug-likeness (QED) is 0.792. The first-order valence-electron chi connectivity index (χ1n) is 7.64. The van der Waals surface area contributed by atoms with Gasteiger partial charge in [0.1, 0.15) is 12.0 Å². The predicted molar refractivity (Wildman–Crippen MR) is 78.2 cm³/mol. The van der Waals surface area contributed by atoms with E-state index in [0.717, 1.165) is 12.8 Å². The Balaban J connectivity index is 1.56. The number of likely N-dealkylation sites (tertiary alicyclic amines) is 1. The van der Waals surface area contributed by atoms with Crippen molar-refractivity contribution in [1.29, 1.82) is 0 Å². The van der Waals surface area contributed by atoms with Gasteiger partial charge in [-0.1, -0.05) is 18.2 Å². The number of benzene rings is 1. The second kappa shape index (κ2) is 4.56. The Morgan fingerprint density at radius 3 is 2.59 bits per heavy atom. The van der Waals surface area contributed by atoms with Crippen LogP contribution >= 0.6 is 0 Å². The molecular weight excluding hydrogens is 282 g/mol. The van der Waals surface area contributed by atoms with Gasteiger partial charge < -0.3 is 9.47 Å². The molecule has 0 amide bonds. The molecule has 2 saturated carbocycles. The highest BCUT2D eigenvalue weighted by Crippen LogP contribution is 2.71. The molecule has 1 aromatic rings. The number of rotatable bonds is 3. The summed E-state index contributed by atoms with van der Waals surface area (Å²) in [5, 5.41) is 0. The van der Waals surface area contributed by atoms with E-state index in [-0.39, 0.29) is 35.4 Å². The van der Waals surface area contributed by atoms with Gasteiger partial charge in [-0.05, 0) is 32.0 Å². The number of nitrogens with zero attached hydrogens (tertiary/aromatic N) is 1. The van der Waals surface area contributed by atoms with E-state index in [4.69, 9.17) is 9.47 Å². The van der Waals surface area contributed by atoms with Gasteiger partial charge >= 0.3 is 11.9 Å². The van der Waals surface area contributed by atoms with Gasteiger partial charge in [0.25, 0.3) is 0 Å². The highest BCUT2D eigenvalue weighted by atomic mass is 16.6. The van der Waals surface area contributed by atoms with Crippen LogP contribution in [0.25, 0.3) is 0 Å². The summed E-state index contributed by atoms with van der Waals surface area (Å²) in [7, 11) is 3.43. The molecule has 4 rings (SSSR count). The van der Waals surface area contributed by atoms with E-state index in [0.29, 0.717) is 11.6 Å². The fourth-order valence-electron chi connectivity index (χ4n) is 4.65. The molecular formula is C17H19NO4. The van der Waals surface area contributed by atoms with Gasteiger partial charge in [-0.25, -0.2) is 4.79 Å². The lowest BCUT2D eigenvalue weighted by Gasteiger charge is -2.42. The van der Waals surface area contributed by atoms with Gasteiger partial charge in [0.15, 0.2) is 0 Å². The molecule has 0 bridgehead atoms. The molecule has 22 heavy (non-hydrogen) atoms. The van der Waals surface area contributed by atoms with E-state index in [1.54, 1.807) is 24.3 Å². The minimum atomic E-state index is -0.389. The van der Waals surface area contributed by atoms with Crippen LogP contribution in [0.2, 0.25) is 0 Å². The lowest BCUT2D eigenvalue weighted by Crippen LogP contribution is -2.55. The number of hydrogen-bond acceptors (Lipinski definition) is 5. The number of hydrogen-bond donors (Lipinski definition) is 0. The van der Waals surface area contributed by atoms with Crippen LogP contribution in [0, 0.1) is 11.3 Å². The smallest absolute Gasteiger partial charge is 0.338 e. The molecule has 1 heterocycles.